The molecule has 7 rings (SSSR count). The zero-order valence-electron chi connectivity index (χ0n) is 20.5. The second kappa shape index (κ2) is 9.65. The van der Waals surface area contributed by atoms with E-state index in [0.29, 0.717) is 25.9 Å². The van der Waals surface area contributed by atoms with E-state index >= 15 is 0 Å². The van der Waals surface area contributed by atoms with Crippen molar-refractivity contribution in [3.05, 3.63) is 62.0 Å². The molecule has 38 heavy (non-hydrogen) atoms. The first-order valence-corrected chi connectivity index (χ1v) is 14.4. The van der Waals surface area contributed by atoms with Crippen molar-refractivity contribution in [3.8, 4) is 11.8 Å². The molecule has 0 spiro atoms. The summed E-state index contributed by atoms with van der Waals surface area (Å²) in [6.07, 6.45) is 9.23. The van der Waals surface area contributed by atoms with Crippen molar-refractivity contribution in [2.24, 2.45) is 17.8 Å². The summed E-state index contributed by atoms with van der Waals surface area (Å²) in [6.45, 7) is -0.128. The molecule has 1 heterocycles. The predicted molar refractivity (Wildman–Crippen MR) is 148 cm³/mol. The average Bonchev–Trinajstić information content (AvgIpc) is 2.85. The van der Waals surface area contributed by atoms with Gasteiger partial charge in [0.25, 0.3) is 11.8 Å². The molecule has 9 heteroatoms. The monoisotopic (exact) mass is 637 g/mol. The third-order valence-corrected chi connectivity index (χ3v) is 9.67. The quantitative estimate of drug-likeness (QED) is 0.308. The summed E-state index contributed by atoms with van der Waals surface area (Å²) < 4.78 is 6.50. The number of urea groups is 1. The number of ether oxygens (including phenoxy) is 1. The molecule has 7 nitrogen and oxygen atoms in total. The van der Waals surface area contributed by atoms with Crippen LogP contribution in [0.15, 0.2) is 50.9 Å². The average molecular weight is 639 g/mol. The maximum absolute atomic E-state index is 13.4. The lowest BCUT2D eigenvalue weighted by atomic mass is 9.48. The lowest BCUT2D eigenvalue weighted by molar-refractivity contribution is -0.122. The number of hydrogen-bond acceptors (Lipinski definition) is 5. The van der Waals surface area contributed by atoms with Crippen molar-refractivity contribution < 1.29 is 19.1 Å². The van der Waals surface area contributed by atoms with Gasteiger partial charge in [-0.2, -0.15) is 5.26 Å². The Balaban J connectivity index is 1.27. The number of halogens is 2. The minimum atomic E-state index is -0.762. The standard InChI is InChI=1S/C29H25Br2N3O4/c30-23-11-16(12-24(31)25(23)38-6-5-32)10-22-26(35)33-28(37)34(27(22)36)21-3-1-20(2-4-21)29-13-17-7-18(14-29)9-19(8-17)15-29/h1-4,10-12,17-19H,6-9,13-15H2,(H,33,35,37)/b22-10+. The highest BCUT2D eigenvalue weighted by molar-refractivity contribution is 9.11. The van der Waals surface area contributed by atoms with Crippen molar-refractivity contribution in [3.63, 3.8) is 0 Å². The Morgan fingerprint density at radius 1 is 1.00 bits per heavy atom. The molecule has 4 saturated carbocycles. The summed E-state index contributed by atoms with van der Waals surface area (Å²) in [7, 11) is 0. The zero-order chi connectivity index (χ0) is 26.6. The highest BCUT2D eigenvalue weighted by Crippen LogP contribution is 2.60. The molecule has 5 aliphatic rings. The Kier molecular flexibility index (Phi) is 6.43. The lowest BCUT2D eigenvalue weighted by Gasteiger charge is -2.57. The number of hydrogen-bond donors (Lipinski definition) is 1. The molecule has 0 aromatic heterocycles. The highest BCUT2D eigenvalue weighted by Gasteiger charge is 2.51. The van der Waals surface area contributed by atoms with Gasteiger partial charge in [0, 0.05) is 0 Å². The molecule has 2 aromatic rings. The van der Waals surface area contributed by atoms with E-state index in [4.69, 9.17) is 10.00 Å². The smallest absolute Gasteiger partial charge is 0.335 e. The summed E-state index contributed by atoms with van der Waals surface area (Å²) in [6, 6.07) is 12.3. The van der Waals surface area contributed by atoms with E-state index in [9.17, 15) is 14.4 Å². The molecule has 4 bridgehead atoms. The molecule has 1 N–H and O–H groups in total. The SMILES string of the molecule is N#CCOc1c(Br)cc(/C=C2\C(=O)NC(=O)N(c3ccc(C45CC6CC(CC(C6)C4)C5)cc3)C2=O)cc1Br. The van der Waals surface area contributed by atoms with Crippen LogP contribution in [0, 0.1) is 29.1 Å². The number of carbonyl (C=O) groups excluding carboxylic acids is 3. The normalized spacial score (nSPS) is 29.0. The van der Waals surface area contributed by atoms with Gasteiger partial charge in [0.1, 0.15) is 17.4 Å². The van der Waals surface area contributed by atoms with E-state index in [1.165, 1.54) is 50.2 Å². The minimum absolute atomic E-state index is 0.128. The Labute approximate surface area is 237 Å². The summed E-state index contributed by atoms with van der Waals surface area (Å²) in [4.78, 5) is 39.9. The van der Waals surface area contributed by atoms with Crippen LogP contribution in [0.5, 0.6) is 5.75 Å². The Morgan fingerprint density at radius 3 is 2.13 bits per heavy atom. The molecule has 2 aromatic carbocycles. The van der Waals surface area contributed by atoms with Crippen LogP contribution in [0.2, 0.25) is 0 Å². The van der Waals surface area contributed by atoms with E-state index < -0.39 is 17.8 Å². The zero-order valence-corrected chi connectivity index (χ0v) is 23.7. The van der Waals surface area contributed by atoms with Gasteiger partial charge in [0.05, 0.1) is 14.6 Å². The first-order chi connectivity index (χ1) is 18.3. The third kappa shape index (κ3) is 4.38. The van der Waals surface area contributed by atoms with Gasteiger partial charge in [-0.15, -0.1) is 0 Å². The molecular formula is C29H25Br2N3O4. The van der Waals surface area contributed by atoms with Crippen LogP contribution in [0.3, 0.4) is 0 Å². The Bertz CT molecular complexity index is 1370. The van der Waals surface area contributed by atoms with Gasteiger partial charge in [-0.1, -0.05) is 12.1 Å². The van der Waals surface area contributed by atoms with Crippen LogP contribution in [-0.4, -0.2) is 24.5 Å². The topological polar surface area (TPSA) is 99.5 Å². The summed E-state index contributed by atoms with van der Waals surface area (Å²) in [5, 5.41) is 11.1. The van der Waals surface area contributed by atoms with Gasteiger partial charge < -0.3 is 4.74 Å². The first-order valence-electron chi connectivity index (χ1n) is 12.8. The van der Waals surface area contributed by atoms with Crippen LogP contribution < -0.4 is 15.0 Å². The van der Waals surface area contributed by atoms with E-state index in [2.05, 4.69) is 49.3 Å². The fraction of sp³-hybridized carbons (Fsp3) is 0.379. The molecule has 0 unspecified atom stereocenters. The van der Waals surface area contributed by atoms with E-state index in [-0.39, 0.29) is 17.6 Å². The van der Waals surface area contributed by atoms with Gasteiger partial charge >= 0.3 is 6.03 Å². The Hall–Kier alpha value is -2.96. The van der Waals surface area contributed by atoms with E-state index in [0.717, 1.165) is 22.7 Å². The second-order valence-corrected chi connectivity index (χ2v) is 12.7. The van der Waals surface area contributed by atoms with Crippen LogP contribution in [0.4, 0.5) is 10.5 Å². The number of imide groups is 2. The van der Waals surface area contributed by atoms with Crippen molar-refractivity contribution >= 4 is 61.5 Å². The fourth-order valence-electron chi connectivity index (χ4n) is 7.39. The number of carbonyl (C=O) groups is 3. The summed E-state index contributed by atoms with van der Waals surface area (Å²) in [5.41, 5.74) is 2.33. The number of rotatable bonds is 5. The van der Waals surface area contributed by atoms with Crippen molar-refractivity contribution in [1.29, 1.82) is 5.26 Å². The van der Waals surface area contributed by atoms with Gasteiger partial charge in [-0.25, -0.2) is 9.69 Å². The number of amides is 4. The fourth-order valence-corrected chi connectivity index (χ4v) is 8.84. The van der Waals surface area contributed by atoms with Crippen LogP contribution >= 0.6 is 31.9 Å². The number of nitriles is 1. The van der Waals surface area contributed by atoms with Gasteiger partial charge in [-0.3, -0.25) is 14.9 Å². The van der Waals surface area contributed by atoms with Gasteiger partial charge in [-0.05, 0) is 135 Å². The summed E-state index contributed by atoms with van der Waals surface area (Å²) >= 11 is 6.80. The highest BCUT2D eigenvalue weighted by atomic mass is 79.9. The molecule has 5 fully saturated rings. The first kappa shape index (κ1) is 25.3. The molecule has 194 valence electrons. The van der Waals surface area contributed by atoms with Crippen molar-refractivity contribution in [1.82, 2.24) is 5.32 Å². The molecule has 4 aliphatic carbocycles. The number of nitrogens with one attached hydrogen (secondary N) is 1. The minimum Gasteiger partial charge on any atom is -0.476 e. The van der Waals surface area contributed by atoms with Crippen LogP contribution in [0.25, 0.3) is 6.08 Å². The second-order valence-electron chi connectivity index (χ2n) is 11.0. The Morgan fingerprint density at radius 2 is 1.58 bits per heavy atom. The molecule has 4 amide bonds. The van der Waals surface area contributed by atoms with Crippen LogP contribution in [0.1, 0.15) is 49.7 Å². The van der Waals surface area contributed by atoms with Gasteiger partial charge in [0.15, 0.2) is 6.61 Å². The van der Waals surface area contributed by atoms with Crippen molar-refractivity contribution in [2.75, 3.05) is 11.5 Å². The number of nitrogens with zero attached hydrogens (tertiary/aromatic N) is 2. The number of anilines is 1. The van der Waals surface area contributed by atoms with Gasteiger partial charge in [0.2, 0.25) is 0 Å². The predicted octanol–water partition coefficient (Wildman–Crippen LogP) is 6.25. The lowest BCUT2D eigenvalue weighted by Crippen LogP contribution is -2.54. The molecule has 1 aliphatic heterocycles. The van der Waals surface area contributed by atoms with Crippen molar-refractivity contribution in [2.45, 2.75) is 43.9 Å². The maximum atomic E-state index is 13.4. The van der Waals surface area contributed by atoms with Crippen LogP contribution in [-0.2, 0) is 15.0 Å². The van der Waals surface area contributed by atoms with E-state index in [1.807, 2.05) is 18.2 Å². The molecule has 1 saturated heterocycles. The molecule has 0 atom stereocenters. The summed E-state index contributed by atoms with van der Waals surface area (Å²) in [5.74, 6) is 1.46. The molecular weight excluding hydrogens is 614 g/mol. The van der Waals surface area contributed by atoms with E-state index in [1.54, 1.807) is 12.1 Å². The third-order valence-electron chi connectivity index (χ3n) is 8.49. The maximum Gasteiger partial charge on any atom is 0.335 e. The largest absolute Gasteiger partial charge is 0.476 e. The number of barbiturate groups is 1. The number of benzene rings is 2. The molecule has 0 radical (unpaired) electrons.